The Bertz CT molecular complexity index is 783. The molecule has 0 amide bonds. The number of fused-ring (bicyclic) bond motifs is 1. The minimum atomic E-state index is 0.487. The molecule has 4 rings (SSSR count). The normalized spacial score (nSPS) is 24.2. The van der Waals surface area contributed by atoms with Gasteiger partial charge in [0.15, 0.2) is 5.96 Å². The molecule has 2 aliphatic rings. The molecule has 0 spiro atoms. The molecule has 2 fully saturated rings. The van der Waals surface area contributed by atoms with Gasteiger partial charge in [0.2, 0.25) is 0 Å². The van der Waals surface area contributed by atoms with Gasteiger partial charge in [0, 0.05) is 56.3 Å². The number of likely N-dealkylation sites (tertiary alicyclic amines) is 1. The standard InChI is InChI=1S/C21H29N5/c1-15-13-26(18-9-10-18)14-20(15)25-21(22-2)23-12-11-17-8-7-16-5-3-4-6-19(16)24-17/h3-8,15,18,20H,9-14H2,1-2H3,(H2,22,23,25). The summed E-state index contributed by atoms with van der Waals surface area (Å²) in [6.07, 6.45) is 3.65. The topological polar surface area (TPSA) is 52.6 Å². The molecule has 1 saturated carbocycles. The zero-order valence-electron chi connectivity index (χ0n) is 15.8. The number of aliphatic imine (C=N–C) groups is 1. The maximum Gasteiger partial charge on any atom is 0.191 e. The summed E-state index contributed by atoms with van der Waals surface area (Å²) < 4.78 is 0. The maximum absolute atomic E-state index is 4.74. The summed E-state index contributed by atoms with van der Waals surface area (Å²) in [5, 5.41) is 8.27. The third-order valence-electron chi connectivity index (χ3n) is 5.58. The number of hydrogen-bond acceptors (Lipinski definition) is 3. The number of hydrogen-bond donors (Lipinski definition) is 2. The molecule has 1 aliphatic carbocycles. The minimum Gasteiger partial charge on any atom is -0.356 e. The second-order valence-electron chi connectivity index (χ2n) is 7.66. The molecule has 2 aromatic rings. The highest BCUT2D eigenvalue weighted by atomic mass is 15.3. The van der Waals surface area contributed by atoms with E-state index >= 15 is 0 Å². The molecule has 5 heteroatoms. The fourth-order valence-electron chi connectivity index (χ4n) is 3.86. The summed E-state index contributed by atoms with van der Waals surface area (Å²) in [6.45, 7) is 5.52. The van der Waals surface area contributed by atoms with Crippen LogP contribution < -0.4 is 10.6 Å². The Balaban J connectivity index is 1.28. The fraction of sp³-hybridized carbons (Fsp3) is 0.524. The molecule has 1 aromatic carbocycles. The molecule has 1 aromatic heterocycles. The van der Waals surface area contributed by atoms with Crippen LogP contribution in [-0.2, 0) is 6.42 Å². The van der Waals surface area contributed by atoms with Crippen LogP contribution in [-0.4, -0.2) is 54.6 Å². The lowest BCUT2D eigenvalue weighted by atomic mass is 10.1. The molecular formula is C21H29N5. The van der Waals surface area contributed by atoms with Crippen molar-refractivity contribution in [2.45, 2.75) is 38.3 Å². The Morgan fingerprint density at radius 2 is 2.04 bits per heavy atom. The Labute approximate surface area is 155 Å². The van der Waals surface area contributed by atoms with Gasteiger partial charge in [-0.3, -0.25) is 14.9 Å². The molecule has 2 unspecified atom stereocenters. The summed E-state index contributed by atoms with van der Waals surface area (Å²) in [5.74, 6) is 1.57. The lowest BCUT2D eigenvalue weighted by Gasteiger charge is -2.20. The zero-order valence-corrected chi connectivity index (χ0v) is 15.8. The van der Waals surface area contributed by atoms with Crippen LogP contribution in [0, 0.1) is 5.92 Å². The van der Waals surface area contributed by atoms with Crippen molar-refractivity contribution >= 4 is 16.9 Å². The number of nitrogens with one attached hydrogen (secondary N) is 2. The third-order valence-corrected chi connectivity index (χ3v) is 5.58. The maximum atomic E-state index is 4.74. The van der Waals surface area contributed by atoms with Crippen LogP contribution in [0.5, 0.6) is 0 Å². The van der Waals surface area contributed by atoms with Gasteiger partial charge in [0.1, 0.15) is 0 Å². The van der Waals surface area contributed by atoms with E-state index in [1.807, 2.05) is 13.1 Å². The Hall–Kier alpha value is -2.14. The second kappa shape index (κ2) is 7.62. The smallest absolute Gasteiger partial charge is 0.191 e. The van der Waals surface area contributed by atoms with Crippen molar-refractivity contribution in [3.05, 3.63) is 42.1 Å². The van der Waals surface area contributed by atoms with E-state index in [4.69, 9.17) is 4.98 Å². The molecule has 2 heterocycles. The van der Waals surface area contributed by atoms with Gasteiger partial charge in [-0.05, 0) is 30.9 Å². The molecule has 2 atom stereocenters. The number of rotatable bonds is 5. The van der Waals surface area contributed by atoms with Crippen LogP contribution >= 0.6 is 0 Å². The van der Waals surface area contributed by atoms with Gasteiger partial charge in [-0.25, -0.2) is 0 Å². The predicted molar refractivity (Wildman–Crippen MR) is 107 cm³/mol. The predicted octanol–water partition coefficient (Wildman–Crippen LogP) is 2.42. The highest BCUT2D eigenvalue weighted by molar-refractivity contribution is 5.80. The SMILES string of the molecule is CN=C(NCCc1ccc2ccccc2n1)NC1CN(C2CC2)CC1C. The number of nitrogens with zero attached hydrogens (tertiary/aromatic N) is 3. The third kappa shape index (κ3) is 3.98. The molecule has 0 radical (unpaired) electrons. The number of guanidine groups is 1. The van der Waals surface area contributed by atoms with E-state index in [1.54, 1.807) is 0 Å². The van der Waals surface area contributed by atoms with Crippen LogP contribution in [0.15, 0.2) is 41.4 Å². The number of aromatic nitrogens is 1. The van der Waals surface area contributed by atoms with Crippen molar-refractivity contribution in [3.63, 3.8) is 0 Å². The molecule has 138 valence electrons. The van der Waals surface area contributed by atoms with E-state index in [-0.39, 0.29) is 0 Å². The summed E-state index contributed by atoms with van der Waals surface area (Å²) in [4.78, 5) is 11.8. The average molecular weight is 351 g/mol. The van der Waals surface area contributed by atoms with Crippen LogP contribution in [0.4, 0.5) is 0 Å². The molecule has 2 N–H and O–H groups in total. The van der Waals surface area contributed by atoms with Crippen LogP contribution in [0.2, 0.25) is 0 Å². The Morgan fingerprint density at radius 3 is 2.85 bits per heavy atom. The number of para-hydroxylation sites is 1. The largest absolute Gasteiger partial charge is 0.356 e. The van der Waals surface area contributed by atoms with Crippen molar-refractivity contribution < 1.29 is 0 Å². The Kier molecular flexibility index (Phi) is 5.07. The van der Waals surface area contributed by atoms with E-state index in [2.05, 4.69) is 57.8 Å². The van der Waals surface area contributed by atoms with Crippen molar-refractivity contribution in [1.29, 1.82) is 0 Å². The van der Waals surface area contributed by atoms with Crippen LogP contribution in [0.3, 0.4) is 0 Å². The molecular weight excluding hydrogens is 322 g/mol. The summed E-state index contributed by atoms with van der Waals surface area (Å²) in [6, 6.07) is 13.9. The number of benzene rings is 1. The highest BCUT2D eigenvalue weighted by Crippen LogP contribution is 2.31. The van der Waals surface area contributed by atoms with Gasteiger partial charge in [-0.1, -0.05) is 31.2 Å². The lowest BCUT2D eigenvalue weighted by Crippen LogP contribution is -2.47. The van der Waals surface area contributed by atoms with Crippen molar-refractivity contribution in [1.82, 2.24) is 20.5 Å². The van der Waals surface area contributed by atoms with E-state index in [1.165, 1.54) is 24.8 Å². The zero-order chi connectivity index (χ0) is 17.9. The van der Waals surface area contributed by atoms with E-state index < -0.39 is 0 Å². The lowest BCUT2D eigenvalue weighted by molar-refractivity contribution is 0.315. The summed E-state index contributed by atoms with van der Waals surface area (Å²) >= 11 is 0. The fourth-order valence-corrected chi connectivity index (χ4v) is 3.86. The average Bonchev–Trinajstić information content (AvgIpc) is 3.45. The first-order valence-electron chi connectivity index (χ1n) is 9.79. The summed E-state index contributed by atoms with van der Waals surface area (Å²) in [7, 11) is 1.85. The molecule has 5 nitrogen and oxygen atoms in total. The Morgan fingerprint density at radius 1 is 1.19 bits per heavy atom. The van der Waals surface area contributed by atoms with Gasteiger partial charge in [-0.15, -0.1) is 0 Å². The van der Waals surface area contributed by atoms with Crippen LogP contribution in [0.1, 0.15) is 25.5 Å². The van der Waals surface area contributed by atoms with E-state index in [0.29, 0.717) is 12.0 Å². The van der Waals surface area contributed by atoms with Gasteiger partial charge in [0.05, 0.1) is 5.52 Å². The molecule has 26 heavy (non-hydrogen) atoms. The molecule has 1 saturated heterocycles. The quantitative estimate of drug-likeness (QED) is 0.642. The monoisotopic (exact) mass is 351 g/mol. The number of pyridine rings is 1. The highest BCUT2D eigenvalue weighted by Gasteiger charge is 2.38. The van der Waals surface area contributed by atoms with Gasteiger partial charge >= 0.3 is 0 Å². The van der Waals surface area contributed by atoms with Crippen molar-refractivity contribution in [3.8, 4) is 0 Å². The van der Waals surface area contributed by atoms with Crippen molar-refractivity contribution in [2.75, 3.05) is 26.7 Å². The first kappa shape index (κ1) is 17.3. The first-order valence-corrected chi connectivity index (χ1v) is 9.79. The first-order chi connectivity index (χ1) is 12.7. The molecule has 1 aliphatic heterocycles. The summed E-state index contributed by atoms with van der Waals surface area (Å²) in [5.41, 5.74) is 2.17. The van der Waals surface area contributed by atoms with E-state index in [0.717, 1.165) is 42.7 Å². The van der Waals surface area contributed by atoms with Gasteiger partial charge < -0.3 is 10.6 Å². The molecule has 0 bridgehead atoms. The second-order valence-corrected chi connectivity index (χ2v) is 7.66. The van der Waals surface area contributed by atoms with Crippen LogP contribution in [0.25, 0.3) is 10.9 Å². The van der Waals surface area contributed by atoms with Gasteiger partial charge in [0.25, 0.3) is 0 Å². The van der Waals surface area contributed by atoms with Gasteiger partial charge in [-0.2, -0.15) is 0 Å². The van der Waals surface area contributed by atoms with E-state index in [9.17, 15) is 0 Å². The minimum absolute atomic E-state index is 0.487. The van der Waals surface area contributed by atoms with Crippen molar-refractivity contribution in [2.24, 2.45) is 10.9 Å².